The van der Waals surface area contributed by atoms with E-state index in [4.69, 9.17) is 0 Å². The first kappa shape index (κ1) is 24.1. The quantitative estimate of drug-likeness (QED) is 0.266. The lowest BCUT2D eigenvalue weighted by Gasteiger charge is -2.32. The van der Waals surface area contributed by atoms with Gasteiger partial charge in [-0.1, -0.05) is 89.2 Å². The number of hydrogen-bond acceptors (Lipinski definition) is 2. The number of nitrogens with one attached hydrogen (secondary N) is 1. The molecule has 0 spiro atoms. The second-order valence-corrected chi connectivity index (χ2v) is 10.7. The van der Waals surface area contributed by atoms with Crippen LogP contribution in [0.3, 0.4) is 0 Å². The molecule has 0 bridgehead atoms. The van der Waals surface area contributed by atoms with E-state index in [0.717, 1.165) is 45.1 Å². The Bertz CT molecular complexity index is 1260. The van der Waals surface area contributed by atoms with Crippen molar-refractivity contribution >= 4 is 13.9 Å². The molecule has 0 heterocycles. The number of halogens is 1. The SMILES string of the molecule is CCC(C)(Pc1ccc(F)cc1CNC)c1cc(-c2ccccc2)cc(-c2ccccc2)c1O. The minimum absolute atomic E-state index is 0.225. The highest BCUT2D eigenvalue weighted by Gasteiger charge is 2.31. The lowest BCUT2D eigenvalue weighted by molar-refractivity contribution is 0.459. The van der Waals surface area contributed by atoms with E-state index in [2.05, 4.69) is 43.4 Å². The van der Waals surface area contributed by atoms with Crippen molar-refractivity contribution in [3.05, 3.63) is 108 Å². The Balaban J connectivity index is 1.89. The predicted octanol–water partition coefficient (Wildman–Crippen LogP) is 7.21. The fourth-order valence-electron chi connectivity index (χ4n) is 4.35. The summed E-state index contributed by atoms with van der Waals surface area (Å²) in [6, 6.07) is 29.6. The van der Waals surface area contributed by atoms with E-state index in [1.807, 2.05) is 61.6 Å². The molecule has 4 heteroatoms. The Morgan fingerprint density at radius 1 is 0.853 bits per heavy atom. The molecule has 0 aliphatic carbocycles. The second kappa shape index (κ2) is 10.5. The highest BCUT2D eigenvalue weighted by Crippen LogP contribution is 2.51. The van der Waals surface area contributed by atoms with Gasteiger partial charge in [0, 0.05) is 22.8 Å². The maximum absolute atomic E-state index is 14.0. The molecule has 0 aromatic heterocycles. The van der Waals surface area contributed by atoms with Crippen LogP contribution in [0.15, 0.2) is 91.0 Å². The van der Waals surface area contributed by atoms with Gasteiger partial charge in [0.2, 0.25) is 0 Å². The van der Waals surface area contributed by atoms with E-state index in [0.29, 0.717) is 20.9 Å². The Morgan fingerprint density at radius 2 is 1.50 bits per heavy atom. The fourth-order valence-corrected chi connectivity index (χ4v) is 5.94. The molecule has 0 fully saturated rings. The third kappa shape index (κ3) is 5.06. The third-order valence-electron chi connectivity index (χ3n) is 6.45. The Labute approximate surface area is 203 Å². The monoisotopic (exact) mass is 471 g/mol. The zero-order valence-electron chi connectivity index (χ0n) is 19.9. The maximum Gasteiger partial charge on any atom is 0.127 e. The van der Waals surface area contributed by atoms with Crippen molar-refractivity contribution in [2.75, 3.05) is 7.05 Å². The normalized spacial score (nSPS) is 13.3. The van der Waals surface area contributed by atoms with Crippen molar-refractivity contribution < 1.29 is 9.50 Å². The second-order valence-electron chi connectivity index (χ2n) is 8.79. The van der Waals surface area contributed by atoms with Crippen molar-refractivity contribution in [2.45, 2.75) is 32.0 Å². The number of hydrogen-bond donors (Lipinski definition) is 2. The molecule has 0 aliphatic heterocycles. The molecule has 0 saturated heterocycles. The molecule has 174 valence electrons. The molecular weight excluding hydrogens is 440 g/mol. The van der Waals surface area contributed by atoms with E-state index in [1.54, 1.807) is 6.07 Å². The van der Waals surface area contributed by atoms with Gasteiger partial charge in [0.1, 0.15) is 11.6 Å². The summed E-state index contributed by atoms with van der Waals surface area (Å²) in [5, 5.41) is 15.6. The van der Waals surface area contributed by atoms with Crippen LogP contribution in [0.4, 0.5) is 4.39 Å². The molecule has 2 atom stereocenters. The molecule has 2 N–H and O–H groups in total. The highest BCUT2D eigenvalue weighted by atomic mass is 31.1. The summed E-state index contributed by atoms with van der Waals surface area (Å²) in [4.78, 5) is 0. The summed E-state index contributed by atoms with van der Waals surface area (Å²) in [5.74, 6) is 0.0947. The van der Waals surface area contributed by atoms with Crippen molar-refractivity contribution in [1.29, 1.82) is 0 Å². The smallest absolute Gasteiger partial charge is 0.127 e. The molecular formula is C30H31FNOP. The fraction of sp³-hybridized carbons (Fsp3) is 0.200. The van der Waals surface area contributed by atoms with Crippen molar-refractivity contribution in [1.82, 2.24) is 5.32 Å². The standard InChI is InChI=1S/C30H31FNOP/c1-4-30(2,34-28-16-15-25(31)17-24(28)20-32-3)27-19-23(21-11-7-5-8-12-21)18-26(29(27)33)22-13-9-6-10-14-22/h5-19,32-34H,4,20H2,1-3H3. The molecule has 0 aliphatic rings. The first-order valence-corrected chi connectivity index (χ1v) is 12.6. The average molecular weight is 472 g/mol. The molecule has 2 unspecified atom stereocenters. The maximum atomic E-state index is 14.0. The Hall–Kier alpha value is -3.00. The summed E-state index contributed by atoms with van der Waals surface area (Å²) >= 11 is 0. The van der Waals surface area contributed by atoms with Crippen LogP contribution in [-0.4, -0.2) is 12.2 Å². The van der Waals surface area contributed by atoms with Crippen LogP contribution in [-0.2, 0) is 11.7 Å². The van der Waals surface area contributed by atoms with E-state index in [1.165, 1.54) is 6.07 Å². The summed E-state index contributed by atoms with van der Waals surface area (Å²) < 4.78 is 14.0. The molecule has 4 aromatic carbocycles. The summed E-state index contributed by atoms with van der Waals surface area (Å²) in [6.07, 6.45) is 0.835. The molecule has 34 heavy (non-hydrogen) atoms. The first-order chi connectivity index (χ1) is 16.4. The van der Waals surface area contributed by atoms with Crippen LogP contribution in [0.5, 0.6) is 5.75 Å². The highest BCUT2D eigenvalue weighted by molar-refractivity contribution is 7.48. The van der Waals surface area contributed by atoms with E-state index < -0.39 is 0 Å². The summed E-state index contributed by atoms with van der Waals surface area (Å²) in [6.45, 7) is 4.97. The zero-order chi connectivity index (χ0) is 24.1. The lowest BCUT2D eigenvalue weighted by Crippen LogP contribution is -2.22. The molecule has 4 rings (SSSR count). The Morgan fingerprint density at radius 3 is 2.12 bits per heavy atom. The van der Waals surface area contributed by atoms with Gasteiger partial charge in [0.15, 0.2) is 0 Å². The third-order valence-corrected chi connectivity index (χ3v) is 8.38. The van der Waals surface area contributed by atoms with Crippen LogP contribution < -0.4 is 10.6 Å². The number of phenols is 1. The van der Waals surface area contributed by atoms with E-state index in [9.17, 15) is 9.50 Å². The van der Waals surface area contributed by atoms with Gasteiger partial charge in [-0.3, -0.25) is 0 Å². The predicted molar refractivity (Wildman–Crippen MR) is 144 cm³/mol. The topological polar surface area (TPSA) is 32.3 Å². The number of phenolic OH excluding ortho intramolecular Hbond substituents is 1. The number of rotatable bonds is 8. The molecule has 4 aromatic rings. The number of benzene rings is 4. The minimum atomic E-state index is -0.321. The molecule has 0 saturated carbocycles. The van der Waals surface area contributed by atoms with Crippen LogP contribution in [0.1, 0.15) is 31.4 Å². The van der Waals surface area contributed by atoms with Gasteiger partial charge in [-0.2, -0.15) is 0 Å². The lowest BCUT2D eigenvalue weighted by atomic mass is 9.88. The van der Waals surface area contributed by atoms with Crippen molar-refractivity contribution in [3.8, 4) is 28.0 Å². The largest absolute Gasteiger partial charge is 0.507 e. The molecule has 0 amide bonds. The van der Waals surface area contributed by atoms with Crippen LogP contribution in [0.2, 0.25) is 0 Å². The first-order valence-electron chi connectivity index (χ1n) is 11.6. The average Bonchev–Trinajstić information content (AvgIpc) is 2.87. The van der Waals surface area contributed by atoms with E-state index >= 15 is 0 Å². The minimum Gasteiger partial charge on any atom is -0.507 e. The van der Waals surface area contributed by atoms with E-state index in [-0.39, 0.29) is 11.0 Å². The van der Waals surface area contributed by atoms with Gasteiger partial charge in [0.05, 0.1) is 0 Å². The summed E-state index contributed by atoms with van der Waals surface area (Å²) in [7, 11) is 2.24. The summed E-state index contributed by atoms with van der Waals surface area (Å²) in [5.41, 5.74) is 5.89. The van der Waals surface area contributed by atoms with Gasteiger partial charge in [-0.25, -0.2) is 4.39 Å². The van der Waals surface area contributed by atoms with Crippen molar-refractivity contribution in [2.24, 2.45) is 0 Å². The van der Waals surface area contributed by atoms with Crippen LogP contribution in [0.25, 0.3) is 22.3 Å². The molecule has 2 nitrogen and oxygen atoms in total. The van der Waals surface area contributed by atoms with Gasteiger partial charge in [-0.05, 0) is 65.3 Å². The van der Waals surface area contributed by atoms with Crippen LogP contribution >= 0.6 is 8.58 Å². The van der Waals surface area contributed by atoms with Gasteiger partial charge in [0.25, 0.3) is 0 Å². The zero-order valence-corrected chi connectivity index (χ0v) is 20.9. The van der Waals surface area contributed by atoms with Gasteiger partial charge >= 0.3 is 0 Å². The number of aromatic hydroxyl groups is 1. The van der Waals surface area contributed by atoms with Crippen molar-refractivity contribution in [3.63, 3.8) is 0 Å². The van der Waals surface area contributed by atoms with Crippen LogP contribution in [0, 0.1) is 5.82 Å². The van der Waals surface area contributed by atoms with Gasteiger partial charge in [-0.15, -0.1) is 0 Å². The Kier molecular flexibility index (Phi) is 7.46. The molecule has 0 radical (unpaired) electrons. The van der Waals surface area contributed by atoms with Gasteiger partial charge < -0.3 is 10.4 Å².